The van der Waals surface area contributed by atoms with E-state index in [9.17, 15) is 14.7 Å². The minimum Gasteiger partial charge on any atom is -0.465 e. The minimum atomic E-state index is -0.442. The van der Waals surface area contributed by atoms with Gasteiger partial charge in [0, 0.05) is 37.2 Å². The number of carbonyl (C=O) groups is 2. The minimum absolute atomic E-state index is 0.0439. The Morgan fingerprint density at radius 1 is 1.07 bits per heavy atom. The molecule has 0 bridgehead atoms. The lowest BCUT2D eigenvalue weighted by atomic mass is 9.81. The van der Waals surface area contributed by atoms with E-state index in [2.05, 4.69) is 32.6 Å². The van der Waals surface area contributed by atoms with Crippen LogP contribution in [0.25, 0.3) is 0 Å². The van der Waals surface area contributed by atoms with Crippen LogP contribution in [0.3, 0.4) is 0 Å². The van der Waals surface area contributed by atoms with Crippen LogP contribution in [0.1, 0.15) is 106 Å². The maximum Gasteiger partial charge on any atom is 0.350 e. The first-order chi connectivity index (χ1) is 19.2. The number of carbonyl (C=O) groups excluding carboxylic acids is 2. The zero-order chi connectivity index (χ0) is 28.7. The molecule has 8 heteroatoms. The molecule has 1 aliphatic heterocycles. The molecule has 0 spiro atoms. The monoisotopic (exact) mass is 573 g/mol. The highest BCUT2D eigenvalue weighted by Crippen LogP contribution is 2.39. The van der Waals surface area contributed by atoms with Gasteiger partial charge in [-0.3, -0.25) is 4.79 Å². The molecule has 222 valence electrons. The van der Waals surface area contributed by atoms with Gasteiger partial charge < -0.3 is 24.2 Å². The van der Waals surface area contributed by atoms with E-state index in [4.69, 9.17) is 14.2 Å². The van der Waals surface area contributed by atoms with Crippen molar-refractivity contribution in [3.05, 3.63) is 15.8 Å². The van der Waals surface area contributed by atoms with Gasteiger partial charge in [0.05, 0.1) is 29.9 Å². The first kappa shape index (κ1) is 31.0. The van der Waals surface area contributed by atoms with Gasteiger partial charge >= 0.3 is 5.97 Å². The number of anilines is 1. The van der Waals surface area contributed by atoms with Crippen LogP contribution in [0.15, 0.2) is 6.07 Å². The Hall–Kier alpha value is -1.92. The van der Waals surface area contributed by atoms with Crippen molar-refractivity contribution in [3.8, 4) is 11.8 Å². The van der Waals surface area contributed by atoms with E-state index in [1.165, 1.54) is 18.4 Å². The second kappa shape index (κ2) is 14.3. The van der Waals surface area contributed by atoms with Crippen LogP contribution < -0.4 is 4.90 Å². The fourth-order valence-electron chi connectivity index (χ4n) is 5.99. The average molecular weight is 574 g/mol. The van der Waals surface area contributed by atoms with E-state index in [0.29, 0.717) is 48.8 Å². The zero-order valence-electron chi connectivity index (χ0n) is 24.7. The SMILES string of the molecule is COC(=O)c1sc(C#CC(C)(C)CCOC2CCOCC2)cc1N(C(=O)C1CCC(C)CC1)C1CCC(O)CC1. The second-order valence-electron chi connectivity index (χ2n) is 12.5. The van der Waals surface area contributed by atoms with E-state index in [-0.39, 0.29) is 35.5 Å². The summed E-state index contributed by atoms with van der Waals surface area (Å²) < 4.78 is 16.6. The highest BCUT2D eigenvalue weighted by atomic mass is 32.1. The van der Waals surface area contributed by atoms with Gasteiger partial charge in [0.1, 0.15) is 4.88 Å². The average Bonchev–Trinajstić information content (AvgIpc) is 3.37. The van der Waals surface area contributed by atoms with E-state index >= 15 is 0 Å². The number of aliphatic hydroxyl groups is 1. The summed E-state index contributed by atoms with van der Waals surface area (Å²) in [6.45, 7) is 8.63. The topological polar surface area (TPSA) is 85.3 Å². The molecule has 1 saturated heterocycles. The van der Waals surface area contributed by atoms with Crippen LogP contribution in [0.2, 0.25) is 0 Å². The van der Waals surface area contributed by atoms with Crippen molar-refractivity contribution in [2.45, 2.75) is 110 Å². The lowest BCUT2D eigenvalue weighted by Crippen LogP contribution is -2.47. The third-order valence-corrected chi connectivity index (χ3v) is 9.77. The number of esters is 1. The molecule has 40 heavy (non-hydrogen) atoms. The van der Waals surface area contributed by atoms with Crippen molar-refractivity contribution in [2.24, 2.45) is 17.3 Å². The number of thiophene rings is 1. The Morgan fingerprint density at radius 2 is 1.75 bits per heavy atom. The van der Waals surface area contributed by atoms with Gasteiger partial charge in [0.25, 0.3) is 0 Å². The van der Waals surface area contributed by atoms with Gasteiger partial charge in [-0.2, -0.15) is 0 Å². The lowest BCUT2D eigenvalue weighted by Gasteiger charge is -2.38. The van der Waals surface area contributed by atoms with Crippen molar-refractivity contribution < 1.29 is 28.9 Å². The van der Waals surface area contributed by atoms with Crippen molar-refractivity contribution in [1.29, 1.82) is 0 Å². The number of rotatable bonds is 8. The van der Waals surface area contributed by atoms with Gasteiger partial charge in [-0.15, -0.1) is 11.3 Å². The molecule has 3 aliphatic rings. The molecule has 1 aromatic heterocycles. The smallest absolute Gasteiger partial charge is 0.350 e. The van der Waals surface area contributed by atoms with Crippen molar-refractivity contribution in [3.63, 3.8) is 0 Å². The molecule has 0 aromatic carbocycles. The number of hydrogen-bond donors (Lipinski definition) is 1. The summed E-state index contributed by atoms with van der Waals surface area (Å²) in [5.41, 5.74) is 0.348. The van der Waals surface area contributed by atoms with E-state index in [1.54, 1.807) is 0 Å². The number of amides is 1. The van der Waals surface area contributed by atoms with E-state index in [1.807, 2.05) is 11.0 Å². The van der Waals surface area contributed by atoms with Crippen molar-refractivity contribution in [2.75, 3.05) is 31.8 Å². The van der Waals surface area contributed by atoms with Crippen molar-refractivity contribution >= 4 is 28.9 Å². The number of methoxy groups -OCH3 is 1. The molecule has 0 unspecified atom stereocenters. The van der Waals surface area contributed by atoms with Gasteiger partial charge in [0.2, 0.25) is 5.91 Å². The summed E-state index contributed by atoms with van der Waals surface area (Å²) in [7, 11) is 1.38. The number of hydrogen-bond acceptors (Lipinski definition) is 7. The fraction of sp³-hybridized carbons (Fsp3) is 0.750. The van der Waals surface area contributed by atoms with Gasteiger partial charge in [-0.1, -0.05) is 18.8 Å². The molecular formula is C32H47NO6S. The summed E-state index contributed by atoms with van der Waals surface area (Å²) in [6.07, 6.45) is 9.20. The Kier molecular flexibility index (Phi) is 11.1. The molecule has 1 amide bonds. The third-order valence-electron chi connectivity index (χ3n) is 8.75. The predicted molar refractivity (Wildman–Crippen MR) is 158 cm³/mol. The third kappa shape index (κ3) is 8.31. The first-order valence-corrected chi connectivity index (χ1v) is 15.9. The summed E-state index contributed by atoms with van der Waals surface area (Å²) in [4.78, 5) is 30.1. The highest BCUT2D eigenvalue weighted by molar-refractivity contribution is 7.15. The Bertz CT molecular complexity index is 1050. The van der Waals surface area contributed by atoms with Crippen LogP contribution in [0.4, 0.5) is 5.69 Å². The van der Waals surface area contributed by atoms with Crippen LogP contribution in [0.5, 0.6) is 0 Å². The normalized spacial score (nSPS) is 26.0. The van der Waals surface area contributed by atoms with E-state index < -0.39 is 5.97 Å². The molecule has 2 heterocycles. The number of ether oxygens (including phenoxy) is 3. The summed E-state index contributed by atoms with van der Waals surface area (Å²) in [5, 5.41) is 10.2. The molecule has 7 nitrogen and oxygen atoms in total. The molecule has 3 fully saturated rings. The van der Waals surface area contributed by atoms with Gasteiger partial charge in [-0.25, -0.2) is 4.79 Å². The lowest BCUT2D eigenvalue weighted by molar-refractivity contribution is -0.124. The zero-order valence-corrected chi connectivity index (χ0v) is 25.5. The molecular weight excluding hydrogens is 526 g/mol. The maximum absolute atomic E-state index is 14.1. The van der Waals surface area contributed by atoms with Crippen LogP contribution in [-0.4, -0.2) is 62.2 Å². The molecule has 0 radical (unpaired) electrons. The molecule has 4 rings (SSSR count). The fourth-order valence-corrected chi connectivity index (χ4v) is 6.91. The second-order valence-corrected chi connectivity index (χ2v) is 13.6. The molecule has 1 aromatic rings. The Morgan fingerprint density at radius 3 is 2.40 bits per heavy atom. The largest absolute Gasteiger partial charge is 0.465 e. The van der Waals surface area contributed by atoms with Crippen LogP contribution >= 0.6 is 11.3 Å². The van der Waals surface area contributed by atoms with E-state index in [0.717, 1.165) is 63.0 Å². The summed E-state index contributed by atoms with van der Waals surface area (Å²) in [6, 6.07) is 1.86. The quantitative estimate of drug-likeness (QED) is 0.305. The first-order valence-electron chi connectivity index (χ1n) is 15.1. The Labute approximate surface area is 243 Å². The van der Waals surface area contributed by atoms with Gasteiger partial charge in [-0.05, 0) is 96.5 Å². The standard InChI is InChI=1S/C32H47NO6S/c1-22-5-7-23(8-6-22)30(35)33(24-9-11-25(34)12-10-24)28-21-27(40-29(28)31(36)37-4)13-16-32(2,3)17-20-39-26-14-18-38-19-15-26/h21-26,34H,5-12,14-15,17-20H2,1-4H3. The van der Waals surface area contributed by atoms with Crippen LogP contribution in [0, 0.1) is 29.1 Å². The summed E-state index contributed by atoms with van der Waals surface area (Å²) in [5.74, 6) is 6.96. The molecule has 0 atom stereocenters. The van der Waals surface area contributed by atoms with Gasteiger partial charge in [0.15, 0.2) is 0 Å². The summed E-state index contributed by atoms with van der Waals surface area (Å²) >= 11 is 1.30. The number of nitrogens with zero attached hydrogens (tertiary/aromatic N) is 1. The van der Waals surface area contributed by atoms with Crippen molar-refractivity contribution in [1.82, 2.24) is 0 Å². The van der Waals surface area contributed by atoms with Crippen LogP contribution in [-0.2, 0) is 19.0 Å². The highest BCUT2D eigenvalue weighted by Gasteiger charge is 2.37. The molecule has 2 aliphatic carbocycles. The molecule has 2 saturated carbocycles. The molecule has 1 N–H and O–H groups in total. The number of aliphatic hydroxyl groups excluding tert-OH is 1. The maximum atomic E-state index is 14.1. The predicted octanol–water partition coefficient (Wildman–Crippen LogP) is 5.96. The Balaban J connectivity index is 1.56.